The lowest BCUT2D eigenvalue weighted by molar-refractivity contribution is -0.146. The molecule has 127 heavy (non-hydrogen) atoms. The maximum Gasteiger partial charge on any atom is 0.408 e. The van der Waals surface area contributed by atoms with Gasteiger partial charge in [0.05, 0.1) is 60.6 Å². The monoisotopic (exact) mass is 1800 g/mol. The molecule has 0 spiro atoms. The molecular formula is C86H142N16O25. The van der Waals surface area contributed by atoms with Crippen LogP contribution in [0.4, 0.5) is 19.2 Å². The fourth-order valence-electron chi connectivity index (χ4n) is 12.4. The number of ether oxygens (including phenoxy) is 8. The number of esters is 4. The van der Waals surface area contributed by atoms with Crippen LogP contribution in [0.2, 0.25) is 0 Å². The molecule has 13 N–H and O–H groups in total. The van der Waals surface area contributed by atoms with Gasteiger partial charge in [-0.1, -0.05) is 60.6 Å². The van der Waals surface area contributed by atoms with Crippen molar-refractivity contribution in [2.24, 2.45) is 23.7 Å². The third-order valence-corrected chi connectivity index (χ3v) is 18.0. The van der Waals surface area contributed by atoms with Crippen LogP contribution >= 0.6 is 0 Å². The highest BCUT2D eigenvalue weighted by molar-refractivity contribution is 6.04. The number of nitrogens with zero attached hydrogens (tertiary/aromatic N) is 3. The summed E-state index contributed by atoms with van der Waals surface area (Å²) in [4.78, 5) is 234. The quantitative estimate of drug-likeness (QED) is 0.0215. The molecule has 1 heterocycles. The summed E-state index contributed by atoms with van der Waals surface area (Å²) < 4.78 is 42.7. The van der Waals surface area contributed by atoms with Crippen LogP contribution in [-0.2, 0) is 104 Å². The van der Waals surface area contributed by atoms with Gasteiger partial charge in [0.2, 0.25) is 41.4 Å². The minimum Gasteiger partial charge on any atom is -0.467 e. The SMILES string of the molecule is COC(=O)[C@H](CC(C)C)NC(=O)C[C@H](NC(=O)c1cc(Cn2cc(CNC(=O)[C@H](CCCCNC(=O)[C@H](CCCCNC(=O)OC(C)(C)C)NC(=O)OC(C)(C)C)NC(=O)[C@H](CCCCNC(=O)OC(C)(C)C)NC(=O)OC(C)(C)C)nn2)cc(C(=O)N[C@@H](CC(=O)N[C@@H](CC(C)C)C(=O)OC)C(=O)N[C@@H](CC(C)C)C(=O)OC)c1)C(=O)N[C@@H](CC(C)C)C(=O)OC. The van der Waals surface area contributed by atoms with Gasteiger partial charge in [-0.25, -0.2) is 43.0 Å². The fraction of sp³-hybridized carbons (Fsp3) is 0.709. The number of amides is 13. The van der Waals surface area contributed by atoms with Crippen molar-refractivity contribution in [2.45, 2.75) is 325 Å². The van der Waals surface area contributed by atoms with E-state index in [2.05, 4.69) is 79.4 Å². The van der Waals surface area contributed by atoms with Crippen LogP contribution in [0.25, 0.3) is 0 Å². The summed E-state index contributed by atoms with van der Waals surface area (Å²) in [6.07, 6.45) is -1.38. The third-order valence-electron chi connectivity index (χ3n) is 18.0. The molecule has 0 aliphatic carbocycles. The van der Waals surface area contributed by atoms with Crippen LogP contribution in [0.3, 0.4) is 0 Å². The maximum absolute atomic E-state index is 15.1. The molecule has 0 saturated heterocycles. The molecule has 13 amide bonds. The highest BCUT2D eigenvalue weighted by atomic mass is 16.6. The molecule has 2 rings (SSSR count). The standard InChI is InChI=1S/C86H142N16O25/c1-49(2)37-62(75(112)120-21)91-66(103)44-60(73(110)96-64(39-51(5)6)77(114)122-23)94-68(105)54-41-53(42-55(43-54)69(106)95-61(74(111)97-65(40-52(7)8)78(115)123-24)45-67(104)92-63(38-50(3)4)76(113)121-22)47-102-48-56(100-101-102)46-90-71(108)57(93-72(109)59(99-82(119)127-86(18,19)20)33-27-30-36-89-80(117)125-84(12,13)14)31-25-28-34-87-70(107)58(98-81(118)126-85(15,16)17)32-26-29-35-88-79(116)124-83(9,10)11/h41-43,48-52,57-65H,25-40,44-47H2,1-24H3,(H,87,107)(H,88,116)(H,89,117)(H,90,108)(H,91,103)(H,92,104)(H,93,109)(H,94,105)(H,95,106)(H,96,110)(H,97,111)(H,98,118)(H,99,119)/t57-,58-,59-,60-,61-,62-,63-,64-,65-/m0/s1. The Labute approximate surface area is 745 Å². The Morgan fingerprint density at radius 1 is 0.339 bits per heavy atom. The van der Waals surface area contributed by atoms with Crippen molar-refractivity contribution >= 4 is 101 Å². The van der Waals surface area contributed by atoms with E-state index in [1.165, 1.54) is 23.0 Å². The Morgan fingerprint density at radius 3 is 0.976 bits per heavy atom. The first-order chi connectivity index (χ1) is 59.0. The lowest BCUT2D eigenvalue weighted by Gasteiger charge is -2.25. The summed E-state index contributed by atoms with van der Waals surface area (Å²) in [6.45, 7) is 33.9. The van der Waals surface area contributed by atoms with E-state index >= 15 is 9.59 Å². The lowest BCUT2D eigenvalue weighted by Crippen LogP contribution is -2.54. The molecular weight excluding hydrogens is 1660 g/mol. The van der Waals surface area contributed by atoms with Gasteiger partial charge >= 0.3 is 48.3 Å². The first kappa shape index (κ1) is 112. The molecule has 0 radical (unpaired) electrons. The Kier molecular flexibility index (Phi) is 47.9. The first-order valence-electron chi connectivity index (χ1n) is 43.0. The molecule has 1 aromatic carbocycles. The van der Waals surface area contributed by atoms with Crippen LogP contribution in [0.5, 0.6) is 0 Å². The normalized spacial score (nSPS) is 13.7. The van der Waals surface area contributed by atoms with Crippen molar-refractivity contribution in [1.82, 2.24) is 84.1 Å². The van der Waals surface area contributed by atoms with E-state index in [1.54, 1.807) is 138 Å². The predicted molar refractivity (Wildman–Crippen MR) is 464 cm³/mol. The van der Waals surface area contributed by atoms with Gasteiger partial charge < -0.3 is 107 Å². The van der Waals surface area contributed by atoms with Crippen molar-refractivity contribution < 1.29 is 119 Å². The van der Waals surface area contributed by atoms with Gasteiger partial charge in [-0.2, -0.15) is 0 Å². The molecule has 9 atom stereocenters. The summed E-state index contributed by atoms with van der Waals surface area (Å²) in [5.41, 5.74) is -4.06. The minimum absolute atomic E-state index is 0.00996. The molecule has 41 nitrogen and oxygen atoms in total. The number of hydrogen-bond acceptors (Lipinski definition) is 27. The second-order valence-electron chi connectivity index (χ2n) is 36.6. The van der Waals surface area contributed by atoms with Crippen LogP contribution in [0.1, 0.15) is 267 Å². The van der Waals surface area contributed by atoms with Crippen LogP contribution in [-0.4, -0.2) is 241 Å². The van der Waals surface area contributed by atoms with Gasteiger partial charge in [-0.15, -0.1) is 5.10 Å². The van der Waals surface area contributed by atoms with Gasteiger partial charge in [-0.3, -0.25) is 43.2 Å². The summed E-state index contributed by atoms with van der Waals surface area (Å²) in [5, 5.41) is 42.7. The van der Waals surface area contributed by atoms with Crippen molar-refractivity contribution in [2.75, 3.05) is 48.1 Å². The van der Waals surface area contributed by atoms with Crippen molar-refractivity contribution in [3.63, 3.8) is 0 Å². The number of hydrogen-bond donors (Lipinski definition) is 13. The van der Waals surface area contributed by atoms with E-state index in [0.717, 1.165) is 34.5 Å². The summed E-state index contributed by atoms with van der Waals surface area (Å²) in [5.74, 6) is -12.4. The van der Waals surface area contributed by atoms with Gasteiger partial charge in [0.1, 0.15) is 82.5 Å². The zero-order chi connectivity index (χ0) is 96.4. The average Bonchev–Trinajstić information content (AvgIpc) is 1.79. The molecule has 2 aromatic rings. The van der Waals surface area contributed by atoms with Crippen molar-refractivity contribution in [1.29, 1.82) is 0 Å². The van der Waals surface area contributed by atoms with E-state index < -0.39 is 202 Å². The van der Waals surface area contributed by atoms with Crippen LogP contribution < -0.4 is 69.1 Å². The van der Waals surface area contributed by atoms with Crippen LogP contribution in [0.15, 0.2) is 24.4 Å². The topological polar surface area (TPSA) is 551 Å². The van der Waals surface area contributed by atoms with Gasteiger partial charge in [0.25, 0.3) is 11.8 Å². The van der Waals surface area contributed by atoms with E-state index in [4.69, 9.17) is 37.9 Å². The van der Waals surface area contributed by atoms with Crippen molar-refractivity contribution in [3.8, 4) is 0 Å². The fourth-order valence-corrected chi connectivity index (χ4v) is 12.4. The highest BCUT2D eigenvalue weighted by Gasteiger charge is 2.37. The van der Waals surface area contributed by atoms with Gasteiger partial charge in [0, 0.05) is 30.8 Å². The average molecular weight is 1800 g/mol. The maximum atomic E-state index is 15.1. The number of benzene rings is 1. The predicted octanol–water partition coefficient (Wildman–Crippen LogP) is 5.68. The van der Waals surface area contributed by atoms with Crippen LogP contribution in [0, 0.1) is 23.7 Å². The number of unbranched alkanes of at least 4 members (excludes halogenated alkanes) is 3. The highest BCUT2D eigenvalue weighted by Crippen LogP contribution is 2.20. The van der Waals surface area contributed by atoms with E-state index in [9.17, 15) is 71.9 Å². The molecule has 41 heteroatoms. The third kappa shape index (κ3) is 47.6. The number of aromatic nitrogens is 3. The summed E-state index contributed by atoms with van der Waals surface area (Å²) >= 11 is 0. The van der Waals surface area contributed by atoms with E-state index in [0.29, 0.717) is 19.3 Å². The number of rotatable bonds is 51. The summed E-state index contributed by atoms with van der Waals surface area (Å²) in [7, 11) is 4.43. The molecule has 0 fully saturated rings. The smallest absolute Gasteiger partial charge is 0.408 e. The number of alkyl carbamates (subject to hydrolysis) is 4. The summed E-state index contributed by atoms with van der Waals surface area (Å²) in [6, 6.07) is -8.87. The second kappa shape index (κ2) is 54.5. The second-order valence-corrected chi connectivity index (χ2v) is 36.6. The molecule has 0 bridgehead atoms. The number of nitrogens with one attached hydrogen (secondary N) is 13. The number of carbonyl (C=O) groups excluding carboxylic acids is 17. The Bertz CT molecular complexity index is 3860. The first-order valence-corrected chi connectivity index (χ1v) is 43.0. The molecule has 1 aromatic heterocycles. The Hall–Kier alpha value is -11.4. The molecule has 0 unspecified atom stereocenters. The molecule has 0 aliphatic heterocycles. The molecule has 0 saturated carbocycles. The lowest BCUT2D eigenvalue weighted by atomic mass is 10.0. The molecule has 0 aliphatic rings. The number of methoxy groups -OCH3 is 4. The van der Waals surface area contributed by atoms with Crippen molar-refractivity contribution in [3.05, 3.63) is 46.8 Å². The minimum atomic E-state index is -1.84. The van der Waals surface area contributed by atoms with Gasteiger partial charge in [-0.05, 0) is 214 Å². The van der Waals surface area contributed by atoms with E-state index in [-0.39, 0.29) is 132 Å². The largest absolute Gasteiger partial charge is 0.467 e. The van der Waals surface area contributed by atoms with E-state index in [1.807, 2.05) is 0 Å². The Morgan fingerprint density at radius 2 is 0.638 bits per heavy atom. The zero-order valence-corrected chi connectivity index (χ0v) is 78.5. The number of carbonyl (C=O) groups is 17. The van der Waals surface area contributed by atoms with Gasteiger partial charge in [0.15, 0.2) is 0 Å². The zero-order valence-electron chi connectivity index (χ0n) is 78.5. The Balaban J connectivity index is 2.94. The molecule has 716 valence electrons.